The molecule has 1 aromatic heterocycles. The number of hydrogen-bond acceptors (Lipinski definition) is 4. The van der Waals surface area contributed by atoms with Gasteiger partial charge in [-0.15, -0.1) is 0 Å². The van der Waals surface area contributed by atoms with Crippen molar-refractivity contribution >= 4 is 23.1 Å². The number of carbonyl (C=O) groups excluding carboxylic acids is 1. The highest BCUT2D eigenvalue weighted by Gasteiger charge is 2.16. The number of methoxy groups -OCH3 is 1. The van der Waals surface area contributed by atoms with Crippen molar-refractivity contribution in [2.24, 2.45) is 5.10 Å². The number of rotatable bonds is 4. The number of hydrogen-bond donors (Lipinski definition) is 1. The van der Waals surface area contributed by atoms with Crippen molar-refractivity contribution < 1.29 is 13.9 Å². The molecule has 5 heteroatoms. The lowest BCUT2D eigenvalue weighted by atomic mass is 10.1. The molecule has 116 valence electrons. The maximum atomic E-state index is 12.2. The second kappa shape index (κ2) is 6.36. The zero-order chi connectivity index (χ0) is 16.2. The van der Waals surface area contributed by atoms with Gasteiger partial charge in [0, 0.05) is 10.9 Å². The van der Waals surface area contributed by atoms with Crippen LogP contribution in [0.1, 0.15) is 21.7 Å². The third kappa shape index (κ3) is 3.08. The monoisotopic (exact) mass is 308 g/mol. The summed E-state index contributed by atoms with van der Waals surface area (Å²) < 4.78 is 10.7. The molecular formula is C18H16N2O3. The summed E-state index contributed by atoms with van der Waals surface area (Å²) in [7, 11) is 1.61. The Labute approximate surface area is 133 Å². The Balaban J connectivity index is 1.72. The van der Waals surface area contributed by atoms with Crippen molar-refractivity contribution in [3.63, 3.8) is 0 Å². The quantitative estimate of drug-likeness (QED) is 0.592. The van der Waals surface area contributed by atoms with Gasteiger partial charge >= 0.3 is 5.91 Å². The second-order valence-electron chi connectivity index (χ2n) is 5.02. The molecule has 0 aliphatic carbocycles. The number of amides is 1. The van der Waals surface area contributed by atoms with Crippen LogP contribution in [0.3, 0.4) is 0 Å². The van der Waals surface area contributed by atoms with E-state index in [0.29, 0.717) is 5.58 Å². The van der Waals surface area contributed by atoms with E-state index in [1.165, 1.54) is 0 Å². The zero-order valence-electron chi connectivity index (χ0n) is 12.9. The zero-order valence-corrected chi connectivity index (χ0v) is 12.9. The van der Waals surface area contributed by atoms with E-state index in [2.05, 4.69) is 10.5 Å². The topological polar surface area (TPSA) is 63.8 Å². The van der Waals surface area contributed by atoms with Gasteiger partial charge in [-0.25, -0.2) is 5.43 Å². The van der Waals surface area contributed by atoms with Crippen LogP contribution in [0.2, 0.25) is 0 Å². The minimum absolute atomic E-state index is 0.276. The lowest BCUT2D eigenvalue weighted by Gasteiger charge is -1.99. The normalized spacial score (nSPS) is 11.0. The Hall–Kier alpha value is -3.08. The highest BCUT2D eigenvalue weighted by Crippen LogP contribution is 2.24. The number of aryl methyl sites for hydroxylation is 1. The molecule has 0 aliphatic heterocycles. The molecule has 0 aliphatic rings. The molecule has 23 heavy (non-hydrogen) atoms. The van der Waals surface area contributed by atoms with Crippen molar-refractivity contribution in [3.05, 3.63) is 65.4 Å². The predicted molar refractivity (Wildman–Crippen MR) is 89.0 cm³/mol. The van der Waals surface area contributed by atoms with Crippen LogP contribution in [0, 0.1) is 6.92 Å². The summed E-state index contributed by atoms with van der Waals surface area (Å²) in [6.45, 7) is 1.86. The van der Waals surface area contributed by atoms with E-state index in [1.807, 2.05) is 55.5 Å². The fraction of sp³-hybridized carbons (Fsp3) is 0.111. The number of benzene rings is 2. The van der Waals surface area contributed by atoms with Gasteiger partial charge in [-0.2, -0.15) is 5.10 Å². The summed E-state index contributed by atoms with van der Waals surface area (Å²) >= 11 is 0. The molecule has 0 atom stereocenters. The minimum Gasteiger partial charge on any atom is -0.497 e. The van der Waals surface area contributed by atoms with Crippen LogP contribution < -0.4 is 10.2 Å². The second-order valence-corrected chi connectivity index (χ2v) is 5.02. The SMILES string of the molecule is COc1ccc(/C=N\NC(=O)c2oc3ccccc3c2C)cc1. The molecular weight excluding hydrogens is 292 g/mol. The van der Waals surface area contributed by atoms with Gasteiger partial charge in [-0.1, -0.05) is 18.2 Å². The lowest BCUT2D eigenvalue weighted by Crippen LogP contribution is -2.17. The number of nitrogens with one attached hydrogen (secondary N) is 1. The van der Waals surface area contributed by atoms with Crippen LogP contribution in [-0.2, 0) is 0 Å². The van der Waals surface area contributed by atoms with E-state index in [9.17, 15) is 4.79 Å². The average Bonchev–Trinajstić information content (AvgIpc) is 2.93. The molecule has 0 unspecified atom stereocenters. The molecule has 0 fully saturated rings. The van der Waals surface area contributed by atoms with E-state index in [1.54, 1.807) is 13.3 Å². The third-order valence-electron chi connectivity index (χ3n) is 3.55. The summed E-state index contributed by atoms with van der Waals surface area (Å²) in [4.78, 5) is 12.2. The van der Waals surface area contributed by atoms with E-state index >= 15 is 0 Å². The minimum atomic E-state index is -0.372. The molecule has 0 spiro atoms. The number of fused-ring (bicyclic) bond motifs is 1. The van der Waals surface area contributed by atoms with E-state index in [-0.39, 0.29) is 11.7 Å². The first kappa shape index (κ1) is 14.8. The molecule has 1 N–H and O–H groups in total. The van der Waals surface area contributed by atoms with Gasteiger partial charge in [0.1, 0.15) is 11.3 Å². The number of nitrogens with zero attached hydrogens (tertiary/aromatic N) is 1. The van der Waals surface area contributed by atoms with Gasteiger partial charge in [0.15, 0.2) is 5.76 Å². The number of hydrazone groups is 1. The molecule has 1 heterocycles. The van der Waals surface area contributed by atoms with Gasteiger partial charge in [-0.05, 0) is 42.8 Å². The molecule has 3 rings (SSSR count). The fourth-order valence-corrected chi connectivity index (χ4v) is 2.30. The smallest absolute Gasteiger partial charge is 0.307 e. The van der Waals surface area contributed by atoms with Gasteiger partial charge in [0.2, 0.25) is 0 Å². The van der Waals surface area contributed by atoms with Crippen LogP contribution in [0.15, 0.2) is 58.0 Å². The Bertz CT molecular complexity index is 864. The molecule has 0 radical (unpaired) electrons. The van der Waals surface area contributed by atoms with Crippen molar-refractivity contribution in [1.29, 1.82) is 0 Å². The van der Waals surface area contributed by atoms with Gasteiger partial charge in [0.05, 0.1) is 13.3 Å². The summed E-state index contributed by atoms with van der Waals surface area (Å²) in [6.07, 6.45) is 1.56. The van der Waals surface area contributed by atoms with E-state index in [0.717, 1.165) is 22.3 Å². The molecule has 0 bridgehead atoms. The lowest BCUT2D eigenvalue weighted by molar-refractivity contribution is 0.0929. The first-order valence-corrected chi connectivity index (χ1v) is 7.14. The third-order valence-corrected chi connectivity index (χ3v) is 3.55. The summed E-state index contributed by atoms with van der Waals surface area (Å²) in [5.74, 6) is 0.672. The van der Waals surface area contributed by atoms with Crippen LogP contribution in [0.5, 0.6) is 5.75 Å². The number of para-hydroxylation sites is 1. The molecule has 0 saturated carbocycles. The van der Waals surface area contributed by atoms with Crippen molar-refractivity contribution in [2.45, 2.75) is 6.92 Å². The van der Waals surface area contributed by atoms with Crippen LogP contribution >= 0.6 is 0 Å². The Kier molecular flexibility index (Phi) is 4.10. The van der Waals surface area contributed by atoms with E-state index < -0.39 is 0 Å². The van der Waals surface area contributed by atoms with Crippen molar-refractivity contribution in [2.75, 3.05) is 7.11 Å². The Morgan fingerprint density at radius 1 is 1.17 bits per heavy atom. The molecule has 2 aromatic carbocycles. The van der Waals surface area contributed by atoms with Gasteiger partial charge in [0.25, 0.3) is 0 Å². The highest BCUT2D eigenvalue weighted by molar-refractivity contribution is 5.99. The maximum Gasteiger partial charge on any atom is 0.307 e. The number of furan rings is 1. The van der Waals surface area contributed by atoms with Gasteiger partial charge in [-0.3, -0.25) is 4.79 Å². The van der Waals surface area contributed by atoms with Gasteiger partial charge < -0.3 is 9.15 Å². The summed E-state index contributed by atoms with van der Waals surface area (Å²) in [6, 6.07) is 14.9. The average molecular weight is 308 g/mol. The maximum absolute atomic E-state index is 12.2. The van der Waals surface area contributed by atoms with E-state index in [4.69, 9.17) is 9.15 Å². The van der Waals surface area contributed by atoms with Crippen molar-refractivity contribution in [1.82, 2.24) is 5.43 Å². The largest absolute Gasteiger partial charge is 0.497 e. The molecule has 5 nitrogen and oxygen atoms in total. The van der Waals surface area contributed by atoms with Crippen LogP contribution in [-0.4, -0.2) is 19.2 Å². The Morgan fingerprint density at radius 3 is 2.61 bits per heavy atom. The first-order valence-electron chi connectivity index (χ1n) is 7.14. The molecule has 3 aromatic rings. The summed E-state index contributed by atoms with van der Waals surface area (Å²) in [5.41, 5.74) is 4.83. The first-order chi connectivity index (χ1) is 11.2. The standard InChI is InChI=1S/C18H16N2O3/c1-12-15-5-3-4-6-16(15)23-17(12)18(21)20-19-11-13-7-9-14(22-2)10-8-13/h3-11H,1-2H3,(H,20,21)/b19-11-. The predicted octanol–water partition coefficient (Wildman–Crippen LogP) is 3.51. The fourth-order valence-electron chi connectivity index (χ4n) is 2.30. The van der Waals surface area contributed by atoms with Crippen LogP contribution in [0.4, 0.5) is 0 Å². The highest BCUT2D eigenvalue weighted by atomic mass is 16.5. The summed E-state index contributed by atoms with van der Waals surface area (Å²) in [5, 5.41) is 4.89. The van der Waals surface area contributed by atoms with Crippen LogP contribution in [0.25, 0.3) is 11.0 Å². The number of carbonyl (C=O) groups is 1. The molecule has 1 amide bonds. The Morgan fingerprint density at radius 2 is 1.91 bits per heavy atom. The van der Waals surface area contributed by atoms with Crippen molar-refractivity contribution in [3.8, 4) is 5.75 Å². The number of ether oxygens (including phenoxy) is 1. The molecule has 0 saturated heterocycles.